The van der Waals surface area contributed by atoms with Crippen LogP contribution in [0.4, 0.5) is 10.2 Å². The van der Waals surface area contributed by atoms with E-state index in [9.17, 15) is 4.39 Å². The Morgan fingerprint density at radius 2 is 2.05 bits per heavy atom. The van der Waals surface area contributed by atoms with Crippen LogP contribution in [-0.2, 0) is 7.05 Å². The number of anilines is 1. The topological polar surface area (TPSA) is 68.5 Å². The number of thiazole rings is 1. The number of halogens is 1. The lowest BCUT2D eigenvalue weighted by molar-refractivity contribution is 0.584. The lowest BCUT2D eigenvalue weighted by Gasteiger charge is -2.01. The average Bonchev–Trinajstić information content (AvgIpc) is 3.10. The number of nitrogens with zero attached hydrogens (tertiary/aromatic N) is 5. The van der Waals surface area contributed by atoms with E-state index < -0.39 is 5.95 Å². The van der Waals surface area contributed by atoms with Gasteiger partial charge >= 0.3 is 0 Å². The molecule has 110 valence electrons. The first-order chi connectivity index (χ1) is 10.7. The molecule has 4 aromatic rings. The van der Waals surface area contributed by atoms with E-state index in [1.54, 1.807) is 12.4 Å². The Bertz CT molecular complexity index is 988. The summed E-state index contributed by atoms with van der Waals surface area (Å²) in [5.74, 6) is 0.213. The van der Waals surface area contributed by atoms with Crippen molar-refractivity contribution in [2.75, 3.05) is 12.4 Å². The highest BCUT2D eigenvalue weighted by molar-refractivity contribution is 7.21. The summed E-state index contributed by atoms with van der Waals surface area (Å²) in [6.07, 6.45) is 3.22. The zero-order valence-corrected chi connectivity index (χ0v) is 12.6. The molecule has 8 heteroatoms. The largest absolute Gasteiger partial charge is 0.371 e. The molecule has 0 unspecified atom stereocenters. The fourth-order valence-corrected chi connectivity index (χ4v) is 3.31. The van der Waals surface area contributed by atoms with Crippen LogP contribution in [0.25, 0.3) is 32.0 Å². The van der Waals surface area contributed by atoms with Crippen molar-refractivity contribution in [3.63, 3.8) is 0 Å². The molecule has 0 aliphatic heterocycles. The summed E-state index contributed by atoms with van der Waals surface area (Å²) < 4.78 is 14.9. The molecule has 4 heterocycles. The van der Waals surface area contributed by atoms with Crippen LogP contribution < -0.4 is 5.32 Å². The first-order valence-corrected chi connectivity index (χ1v) is 7.40. The molecule has 0 spiro atoms. The third-order valence-corrected chi connectivity index (χ3v) is 4.42. The lowest BCUT2D eigenvalue weighted by Crippen LogP contribution is -1.95. The fourth-order valence-electron chi connectivity index (χ4n) is 2.38. The second-order valence-corrected chi connectivity index (χ2v) is 5.78. The first kappa shape index (κ1) is 13.1. The van der Waals surface area contributed by atoms with Crippen molar-refractivity contribution in [1.29, 1.82) is 0 Å². The van der Waals surface area contributed by atoms with Crippen molar-refractivity contribution >= 4 is 38.5 Å². The van der Waals surface area contributed by atoms with Gasteiger partial charge in [-0.15, -0.1) is 0 Å². The Labute approximate surface area is 128 Å². The molecule has 0 atom stereocenters. The highest BCUT2D eigenvalue weighted by Gasteiger charge is 2.17. The van der Waals surface area contributed by atoms with Crippen molar-refractivity contribution < 1.29 is 4.39 Å². The van der Waals surface area contributed by atoms with E-state index in [0.29, 0.717) is 0 Å². The molecular formula is C14H11FN6S. The van der Waals surface area contributed by atoms with Crippen molar-refractivity contribution in [3.8, 4) is 10.6 Å². The van der Waals surface area contributed by atoms with Crippen LogP contribution in [0.5, 0.6) is 0 Å². The van der Waals surface area contributed by atoms with Crippen LogP contribution in [0.1, 0.15) is 0 Å². The maximum atomic E-state index is 13.0. The van der Waals surface area contributed by atoms with Gasteiger partial charge in [0.15, 0.2) is 5.82 Å². The predicted octanol–water partition coefficient (Wildman–Crippen LogP) is 2.82. The highest BCUT2D eigenvalue weighted by Crippen LogP contribution is 2.34. The zero-order chi connectivity index (χ0) is 15.3. The maximum Gasteiger partial charge on any atom is 0.212 e. The Morgan fingerprint density at radius 3 is 2.77 bits per heavy atom. The van der Waals surface area contributed by atoms with E-state index >= 15 is 0 Å². The molecule has 0 aliphatic carbocycles. The number of hydrogen-bond donors (Lipinski definition) is 1. The molecular weight excluding hydrogens is 303 g/mol. The van der Waals surface area contributed by atoms with E-state index in [0.717, 1.165) is 37.8 Å². The molecule has 0 radical (unpaired) electrons. The first-order valence-electron chi connectivity index (χ1n) is 6.58. The molecule has 0 fully saturated rings. The predicted molar refractivity (Wildman–Crippen MR) is 84.4 cm³/mol. The van der Waals surface area contributed by atoms with Gasteiger partial charge in [-0.05, 0) is 12.1 Å². The Hall–Kier alpha value is -2.61. The van der Waals surface area contributed by atoms with Gasteiger partial charge in [-0.2, -0.15) is 4.39 Å². The summed E-state index contributed by atoms with van der Waals surface area (Å²) in [4.78, 5) is 18.1. The number of imidazole rings is 1. The highest BCUT2D eigenvalue weighted by atomic mass is 32.1. The van der Waals surface area contributed by atoms with E-state index in [1.807, 2.05) is 18.7 Å². The minimum atomic E-state index is -0.505. The third-order valence-electron chi connectivity index (χ3n) is 3.42. The third kappa shape index (κ3) is 1.84. The summed E-state index contributed by atoms with van der Waals surface area (Å²) in [6.45, 7) is 0. The van der Waals surface area contributed by atoms with Gasteiger partial charge in [-0.3, -0.25) is 0 Å². The van der Waals surface area contributed by atoms with Crippen LogP contribution in [-0.4, -0.2) is 31.6 Å². The van der Waals surface area contributed by atoms with Crippen molar-refractivity contribution in [3.05, 3.63) is 30.6 Å². The molecule has 6 nitrogen and oxygen atoms in total. The normalized spacial score (nSPS) is 11.4. The van der Waals surface area contributed by atoms with E-state index in [4.69, 9.17) is 0 Å². The summed E-state index contributed by atoms with van der Waals surface area (Å²) in [6, 6.07) is 2.99. The molecule has 4 rings (SSSR count). The van der Waals surface area contributed by atoms with Gasteiger partial charge in [0, 0.05) is 25.9 Å². The van der Waals surface area contributed by atoms with Gasteiger partial charge in [-0.25, -0.2) is 19.9 Å². The van der Waals surface area contributed by atoms with Gasteiger partial charge in [0.25, 0.3) is 0 Å². The molecule has 0 aliphatic rings. The quantitative estimate of drug-likeness (QED) is 0.576. The van der Waals surface area contributed by atoms with Crippen LogP contribution in [0.3, 0.4) is 0 Å². The van der Waals surface area contributed by atoms with Gasteiger partial charge in [0.05, 0.1) is 6.33 Å². The number of fused-ring (bicyclic) bond motifs is 3. The number of aromatic nitrogens is 5. The summed E-state index contributed by atoms with van der Waals surface area (Å²) in [5.41, 5.74) is 3.27. The minimum absolute atomic E-state index is 0.505. The fraction of sp³-hybridized carbons (Fsp3) is 0.143. The molecule has 4 aromatic heterocycles. The van der Waals surface area contributed by atoms with Crippen molar-refractivity contribution in [2.45, 2.75) is 0 Å². The molecule has 0 saturated heterocycles. The standard InChI is InChI=1S/C14H11FN6S/c1-16-12-9-11(21(2)6-18-9)10-14(20-12)22-13(19-10)7-3-4-8(15)17-5-7/h3-6H,1-2H3,(H,16,20). The van der Waals surface area contributed by atoms with Crippen LogP contribution in [0.15, 0.2) is 24.7 Å². The number of pyridine rings is 2. The molecule has 0 aromatic carbocycles. The maximum absolute atomic E-state index is 13.0. The van der Waals surface area contributed by atoms with Gasteiger partial charge in [0.1, 0.15) is 26.4 Å². The van der Waals surface area contributed by atoms with Crippen LogP contribution in [0.2, 0.25) is 0 Å². The minimum Gasteiger partial charge on any atom is -0.371 e. The SMILES string of the molecule is CNc1nc2sc(-c3ccc(F)nc3)nc2c2c1ncn2C. The van der Waals surface area contributed by atoms with Gasteiger partial charge in [0.2, 0.25) is 5.95 Å². The Kier molecular flexibility index (Phi) is 2.80. The van der Waals surface area contributed by atoms with Crippen molar-refractivity contribution in [2.24, 2.45) is 7.05 Å². The Balaban J connectivity index is 2.02. The van der Waals surface area contributed by atoms with Crippen LogP contribution >= 0.6 is 11.3 Å². The Morgan fingerprint density at radius 1 is 1.18 bits per heavy atom. The monoisotopic (exact) mass is 314 g/mol. The lowest BCUT2D eigenvalue weighted by atomic mass is 10.3. The van der Waals surface area contributed by atoms with Crippen molar-refractivity contribution in [1.82, 2.24) is 24.5 Å². The van der Waals surface area contributed by atoms with E-state index in [-0.39, 0.29) is 0 Å². The summed E-state index contributed by atoms with van der Waals surface area (Å²) >= 11 is 1.45. The number of rotatable bonds is 2. The van der Waals surface area contributed by atoms with E-state index in [1.165, 1.54) is 23.6 Å². The number of hydrogen-bond acceptors (Lipinski definition) is 6. The van der Waals surface area contributed by atoms with Gasteiger partial charge < -0.3 is 9.88 Å². The average molecular weight is 314 g/mol. The zero-order valence-electron chi connectivity index (χ0n) is 11.8. The molecule has 0 bridgehead atoms. The molecule has 0 amide bonds. The number of nitrogens with one attached hydrogen (secondary N) is 1. The molecule has 1 N–H and O–H groups in total. The second kappa shape index (κ2) is 4.70. The van der Waals surface area contributed by atoms with Crippen LogP contribution in [0, 0.1) is 5.95 Å². The second-order valence-electron chi connectivity index (χ2n) is 4.81. The molecule has 22 heavy (non-hydrogen) atoms. The van der Waals surface area contributed by atoms with E-state index in [2.05, 4.69) is 25.3 Å². The smallest absolute Gasteiger partial charge is 0.212 e. The summed E-state index contributed by atoms with van der Waals surface area (Å²) in [5, 5.41) is 3.82. The molecule has 0 saturated carbocycles. The number of aryl methyl sites for hydroxylation is 1. The summed E-state index contributed by atoms with van der Waals surface area (Å²) in [7, 11) is 3.74. The van der Waals surface area contributed by atoms with Gasteiger partial charge in [-0.1, -0.05) is 11.3 Å².